The molecule has 2 aliphatic rings. The van der Waals surface area contributed by atoms with Crippen LogP contribution in [0.3, 0.4) is 0 Å². The maximum absolute atomic E-state index is 13.1. The Bertz CT molecular complexity index is 751. The molecular formula is C24H40F6O4S. The highest BCUT2D eigenvalue weighted by Gasteiger charge is 2.71. The summed E-state index contributed by atoms with van der Waals surface area (Å²) < 4.78 is 110. The molecule has 208 valence electrons. The molecule has 0 aromatic carbocycles. The maximum atomic E-state index is 13.1. The highest BCUT2D eigenvalue weighted by Crippen LogP contribution is 2.60. The molecule has 6 unspecified atom stereocenters. The fourth-order valence-corrected chi connectivity index (χ4v) is 7.53. The first-order valence-electron chi connectivity index (χ1n) is 12.8. The second-order valence-electron chi connectivity index (χ2n) is 10.8. The van der Waals surface area contributed by atoms with Gasteiger partial charge in [-0.15, -0.1) is 0 Å². The van der Waals surface area contributed by atoms with Crippen molar-refractivity contribution in [3.8, 4) is 0 Å². The molecule has 0 radical (unpaired) electrons. The van der Waals surface area contributed by atoms with Crippen molar-refractivity contribution in [3.05, 3.63) is 0 Å². The molecule has 2 bridgehead atoms. The summed E-state index contributed by atoms with van der Waals surface area (Å²) in [6.07, 6.45) is -3.40. The van der Waals surface area contributed by atoms with Crippen LogP contribution >= 0.6 is 0 Å². The van der Waals surface area contributed by atoms with Gasteiger partial charge < -0.3 is 5.11 Å². The Morgan fingerprint density at radius 3 is 1.86 bits per heavy atom. The summed E-state index contributed by atoms with van der Waals surface area (Å²) in [5, 5.41) is 8.90. The molecule has 0 aromatic heterocycles. The first-order valence-corrected chi connectivity index (χ1v) is 14.3. The summed E-state index contributed by atoms with van der Waals surface area (Å²) >= 11 is 0. The average molecular weight is 539 g/mol. The Kier molecular flexibility index (Phi) is 10.4. The van der Waals surface area contributed by atoms with Gasteiger partial charge in [-0.2, -0.15) is 34.8 Å². The van der Waals surface area contributed by atoms with Crippen LogP contribution in [0.15, 0.2) is 0 Å². The van der Waals surface area contributed by atoms with Gasteiger partial charge in [-0.05, 0) is 68.1 Å². The van der Waals surface area contributed by atoms with E-state index in [1.165, 1.54) is 0 Å². The molecule has 4 nitrogen and oxygen atoms in total. The van der Waals surface area contributed by atoms with E-state index in [-0.39, 0.29) is 17.8 Å². The van der Waals surface area contributed by atoms with Gasteiger partial charge >= 0.3 is 12.4 Å². The molecule has 0 aromatic rings. The van der Waals surface area contributed by atoms with Gasteiger partial charge in [-0.3, -0.25) is 4.55 Å². The van der Waals surface area contributed by atoms with Crippen LogP contribution in [0.5, 0.6) is 0 Å². The van der Waals surface area contributed by atoms with Gasteiger partial charge in [0.05, 0.1) is 5.25 Å². The Morgan fingerprint density at radius 2 is 1.40 bits per heavy atom. The van der Waals surface area contributed by atoms with E-state index in [1.807, 2.05) is 6.92 Å². The van der Waals surface area contributed by atoms with E-state index in [0.29, 0.717) is 31.6 Å². The van der Waals surface area contributed by atoms with E-state index in [4.69, 9.17) is 4.55 Å². The number of alkyl halides is 6. The number of fused-ring (bicyclic) bond motifs is 2. The Hall–Kier alpha value is -0.550. The summed E-state index contributed by atoms with van der Waals surface area (Å²) in [6.45, 7) is 3.67. The molecule has 0 aliphatic heterocycles. The number of unbranched alkanes of at least 4 members (excludes halogenated alkanes) is 6. The second kappa shape index (κ2) is 11.9. The third-order valence-corrected chi connectivity index (χ3v) is 10.1. The van der Waals surface area contributed by atoms with Crippen LogP contribution in [0.1, 0.15) is 97.3 Å². The van der Waals surface area contributed by atoms with Crippen LogP contribution < -0.4 is 0 Å². The minimum atomic E-state index is -5.75. The Labute approximate surface area is 205 Å². The molecule has 0 amide bonds. The summed E-state index contributed by atoms with van der Waals surface area (Å²) in [6, 6.07) is 0. The van der Waals surface area contributed by atoms with E-state index in [2.05, 4.69) is 0 Å². The molecule has 0 spiro atoms. The number of hydrogen-bond acceptors (Lipinski definition) is 3. The number of rotatable bonds is 14. The van der Waals surface area contributed by atoms with Crippen molar-refractivity contribution in [2.45, 2.75) is 121 Å². The summed E-state index contributed by atoms with van der Waals surface area (Å²) in [5.41, 5.74) is -4.64. The monoisotopic (exact) mass is 538 g/mol. The molecule has 2 rings (SSSR count). The zero-order valence-electron chi connectivity index (χ0n) is 20.5. The predicted molar refractivity (Wildman–Crippen MR) is 121 cm³/mol. The lowest BCUT2D eigenvalue weighted by Crippen LogP contribution is -2.58. The number of hydrogen-bond donors (Lipinski definition) is 2. The summed E-state index contributed by atoms with van der Waals surface area (Å²) in [7, 11) is -3.97. The SMILES string of the molecule is CCC(CCCCCCCCCC1C2CC(CC(O)(C(F)(F)F)C(F)(F)F)C(C2)C1C)S(=O)(=O)O. The Balaban J connectivity index is 1.68. The zero-order valence-corrected chi connectivity index (χ0v) is 21.4. The third kappa shape index (κ3) is 7.49. The normalized spacial score (nSPS) is 28.6. The topological polar surface area (TPSA) is 74.6 Å². The van der Waals surface area contributed by atoms with Crippen LogP contribution in [0.2, 0.25) is 0 Å². The van der Waals surface area contributed by atoms with E-state index in [9.17, 15) is 39.9 Å². The van der Waals surface area contributed by atoms with Crippen LogP contribution in [-0.2, 0) is 10.1 Å². The quantitative estimate of drug-likeness (QED) is 0.138. The summed E-state index contributed by atoms with van der Waals surface area (Å²) in [5.74, 6) is -0.491. The van der Waals surface area contributed by atoms with E-state index in [0.717, 1.165) is 51.4 Å². The molecule has 11 heteroatoms. The predicted octanol–water partition coefficient (Wildman–Crippen LogP) is 7.32. The van der Waals surface area contributed by atoms with Crippen molar-refractivity contribution in [2.24, 2.45) is 29.6 Å². The molecule has 2 aliphatic carbocycles. The van der Waals surface area contributed by atoms with Crippen molar-refractivity contribution in [2.75, 3.05) is 0 Å². The fraction of sp³-hybridized carbons (Fsp3) is 1.00. The molecule has 2 N–H and O–H groups in total. The largest absolute Gasteiger partial charge is 0.426 e. The zero-order chi connectivity index (χ0) is 26.7. The van der Waals surface area contributed by atoms with Gasteiger partial charge in [0.15, 0.2) is 0 Å². The molecule has 0 saturated heterocycles. The lowest BCUT2D eigenvalue weighted by atomic mass is 9.70. The van der Waals surface area contributed by atoms with E-state index < -0.39 is 45.7 Å². The first kappa shape index (κ1) is 30.7. The minimum absolute atomic E-state index is 0.0544. The van der Waals surface area contributed by atoms with Crippen LogP contribution in [0.25, 0.3) is 0 Å². The number of aliphatic hydroxyl groups is 1. The van der Waals surface area contributed by atoms with Gasteiger partial charge in [0, 0.05) is 0 Å². The lowest BCUT2D eigenvalue weighted by molar-refractivity contribution is -0.373. The Morgan fingerprint density at radius 1 is 0.886 bits per heavy atom. The van der Waals surface area contributed by atoms with Gasteiger partial charge in [0.1, 0.15) is 0 Å². The van der Waals surface area contributed by atoms with Gasteiger partial charge in [0.2, 0.25) is 0 Å². The fourth-order valence-electron chi connectivity index (χ4n) is 6.65. The molecule has 0 heterocycles. The van der Waals surface area contributed by atoms with E-state index in [1.54, 1.807) is 6.92 Å². The average Bonchev–Trinajstić information content (AvgIpc) is 3.24. The van der Waals surface area contributed by atoms with Crippen LogP contribution in [0.4, 0.5) is 26.3 Å². The van der Waals surface area contributed by atoms with Gasteiger partial charge in [-0.25, -0.2) is 0 Å². The molecule has 2 fully saturated rings. The third-order valence-electron chi connectivity index (χ3n) is 8.68. The van der Waals surface area contributed by atoms with Crippen molar-refractivity contribution < 1.29 is 44.4 Å². The molecular weight excluding hydrogens is 498 g/mol. The van der Waals surface area contributed by atoms with Gasteiger partial charge in [0.25, 0.3) is 15.7 Å². The van der Waals surface area contributed by atoms with Crippen LogP contribution in [-0.4, -0.2) is 41.3 Å². The second-order valence-corrected chi connectivity index (χ2v) is 12.5. The lowest BCUT2D eigenvalue weighted by Gasteiger charge is -2.39. The van der Waals surface area contributed by atoms with Crippen molar-refractivity contribution in [1.29, 1.82) is 0 Å². The highest BCUT2D eigenvalue weighted by molar-refractivity contribution is 7.86. The van der Waals surface area contributed by atoms with Crippen molar-refractivity contribution in [1.82, 2.24) is 0 Å². The highest BCUT2D eigenvalue weighted by atomic mass is 32.2. The molecule has 6 atom stereocenters. The first-order chi connectivity index (χ1) is 16.0. The maximum Gasteiger partial charge on any atom is 0.426 e. The minimum Gasteiger partial charge on any atom is -0.374 e. The number of halogens is 6. The summed E-state index contributed by atoms with van der Waals surface area (Å²) in [4.78, 5) is 0. The van der Waals surface area contributed by atoms with E-state index >= 15 is 0 Å². The van der Waals surface area contributed by atoms with Crippen LogP contribution in [0, 0.1) is 29.6 Å². The molecule has 2 saturated carbocycles. The van der Waals surface area contributed by atoms with Crippen molar-refractivity contribution >= 4 is 10.1 Å². The standard InChI is InChI=1S/C24H40F6O4S/c1-3-19(35(32,33)34)11-9-7-5-4-6-8-10-12-20-16(2)21-14-17(20)13-18(21)15-22(31,23(25,26)27)24(28,29)30/h16-21,31H,3-15H2,1-2H3,(H,32,33,34). The molecule has 35 heavy (non-hydrogen) atoms. The van der Waals surface area contributed by atoms with Crippen molar-refractivity contribution in [3.63, 3.8) is 0 Å². The smallest absolute Gasteiger partial charge is 0.374 e. The van der Waals surface area contributed by atoms with Gasteiger partial charge in [-0.1, -0.05) is 58.8 Å².